The van der Waals surface area contributed by atoms with Crippen molar-refractivity contribution in [1.82, 2.24) is 14.5 Å². The van der Waals surface area contributed by atoms with E-state index in [1.807, 2.05) is 25.3 Å². The van der Waals surface area contributed by atoms with Crippen LogP contribution in [0.1, 0.15) is 70.2 Å². The Bertz CT molecular complexity index is 2320. The summed E-state index contributed by atoms with van der Waals surface area (Å²) in [5, 5.41) is 9.35. The molecule has 0 atom stereocenters. The second-order valence-corrected chi connectivity index (χ2v) is 13.3. The molecule has 0 aliphatic carbocycles. The van der Waals surface area contributed by atoms with E-state index < -0.39 is 0 Å². The molecular formula is C44H42IrN3O3-. The minimum Gasteiger partial charge on any atom is -0.557 e. The fraction of sp³-hybridized carbons (Fsp3) is 0.205. The van der Waals surface area contributed by atoms with Crippen molar-refractivity contribution < 1.29 is 34.4 Å². The smallest absolute Gasteiger partial charge is 0.155 e. The maximum atomic E-state index is 10.0. The van der Waals surface area contributed by atoms with Gasteiger partial charge >= 0.3 is 0 Å². The van der Waals surface area contributed by atoms with Crippen molar-refractivity contribution in [3.8, 4) is 39.3 Å². The molecule has 7 rings (SSSR count). The number of ketones is 1. The molecule has 0 saturated heterocycles. The molecule has 0 saturated carbocycles. The summed E-state index contributed by atoms with van der Waals surface area (Å²) in [7, 11) is 0. The number of imidazole rings is 1. The molecule has 0 bridgehead atoms. The zero-order valence-electron chi connectivity index (χ0n) is 30.0. The van der Waals surface area contributed by atoms with E-state index in [9.17, 15) is 4.79 Å². The average Bonchev–Trinajstić information content (AvgIpc) is 3.68. The SMILES string of the molecule is CC(=O)/C=C(/C)O.Cc1cc(-c2ccc3o[c-]c(-c4nc5ccccc5n4-c4c(C(C)C)cc(-c5ccccc5)cc4C(C)C)c3c2)ccn1.[Ir]. The van der Waals surface area contributed by atoms with E-state index in [2.05, 4.69) is 128 Å². The fourth-order valence-corrected chi connectivity index (χ4v) is 6.38. The Morgan fingerprint density at radius 2 is 1.45 bits per heavy atom. The van der Waals surface area contributed by atoms with E-state index >= 15 is 0 Å². The number of pyridine rings is 1. The third-order valence-corrected chi connectivity index (χ3v) is 8.68. The van der Waals surface area contributed by atoms with Crippen LogP contribution in [0.15, 0.2) is 120 Å². The van der Waals surface area contributed by atoms with Crippen molar-refractivity contribution in [3.05, 3.63) is 138 Å². The van der Waals surface area contributed by atoms with E-state index in [1.165, 1.54) is 47.9 Å². The summed E-state index contributed by atoms with van der Waals surface area (Å²) >= 11 is 0. The van der Waals surface area contributed by atoms with Gasteiger partial charge in [0.15, 0.2) is 5.78 Å². The van der Waals surface area contributed by atoms with E-state index in [4.69, 9.17) is 14.5 Å². The molecule has 1 N–H and O–H groups in total. The van der Waals surface area contributed by atoms with Crippen LogP contribution in [0.2, 0.25) is 0 Å². The molecule has 4 aromatic carbocycles. The number of benzene rings is 4. The molecule has 0 aliphatic rings. The number of aliphatic hydroxyl groups excluding tert-OH is 1. The zero-order chi connectivity index (χ0) is 35.5. The molecule has 0 amide bonds. The predicted octanol–water partition coefficient (Wildman–Crippen LogP) is 11.6. The van der Waals surface area contributed by atoms with Gasteiger partial charge in [0, 0.05) is 55.6 Å². The van der Waals surface area contributed by atoms with Gasteiger partial charge in [-0.2, -0.15) is 0 Å². The molecule has 0 spiro atoms. The Kier molecular flexibility index (Phi) is 11.5. The van der Waals surface area contributed by atoms with Gasteiger partial charge in [0.05, 0.1) is 22.6 Å². The first-order valence-corrected chi connectivity index (χ1v) is 17.0. The van der Waals surface area contributed by atoms with E-state index in [0.717, 1.165) is 50.2 Å². The number of nitrogens with zero attached hydrogens (tertiary/aromatic N) is 3. The molecule has 51 heavy (non-hydrogen) atoms. The van der Waals surface area contributed by atoms with Crippen molar-refractivity contribution >= 4 is 27.8 Å². The first-order valence-electron chi connectivity index (χ1n) is 17.0. The molecule has 1 radical (unpaired) electrons. The summed E-state index contributed by atoms with van der Waals surface area (Å²) in [6.45, 7) is 14.0. The number of aromatic nitrogens is 3. The molecule has 3 aromatic heterocycles. The molecule has 7 aromatic rings. The topological polar surface area (TPSA) is 81.1 Å². The molecular weight excluding hydrogens is 811 g/mol. The Balaban J connectivity index is 0.000000574. The fourth-order valence-electron chi connectivity index (χ4n) is 6.38. The number of para-hydroxylation sites is 2. The van der Waals surface area contributed by atoms with Gasteiger partial charge in [-0.25, -0.2) is 0 Å². The van der Waals surface area contributed by atoms with Crippen molar-refractivity contribution in [2.75, 3.05) is 0 Å². The number of hydrogen-bond donors (Lipinski definition) is 1. The summed E-state index contributed by atoms with van der Waals surface area (Å²) in [4.78, 5) is 19.6. The summed E-state index contributed by atoms with van der Waals surface area (Å²) < 4.78 is 8.39. The Morgan fingerprint density at radius 3 is 2.06 bits per heavy atom. The number of furan rings is 1. The van der Waals surface area contributed by atoms with Crippen LogP contribution in [0, 0.1) is 13.2 Å². The van der Waals surface area contributed by atoms with E-state index in [-0.39, 0.29) is 43.5 Å². The first-order chi connectivity index (χ1) is 24.0. The third kappa shape index (κ3) is 7.96. The third-order valence-electron chi connectivity index (χ3n) is 8.68. The number of aliphatic hydroxyl groups is 1. The number of fused-ring (bicyclic) bond motifs is 2. The van der Waals surface area contributed by atoms with Crippen LogP contribution in [-0.2, 0) is 24.9 Å². The standard InChI is InChI=1S/C39H34N3O.C5H8O2.Ir/c1-24(2)31-21-30(27-11-7-6-8-12-27)22-32(25(3)4)38(31)42-36-14-10-9-13-35(36)41-39(42)34-23-43-37-16-15-28(20-33(34)37)29-17-18-40-26(5)19-29;1-4(6)3-5(2)7;/h6-22,24-25H,1-5H3;3,6H,1-2H3;/q-1;;/b;4-3-;. The van der Waals surface area contributed by atoms with Crippen LogP contribution >= 0.6 is 0 Å². The number of allylic oxidation sites excluding steroid dienone is 2. The number of aryl methyl sites for hydroxylation is 1. The number of carbonyl (C=O) groups excluding carboxylic acids is 1. The van der Waals surface area contributed by atoms with Gasteiger partial charge < -0.3 is 14.1 Å². The van der Waals surface area contributed by atoms with Crippen molar-refractivity contribution in [2.24, 2.45) is 0 Å². The van der Waals surface area contributed by atoms with Crippen LogP contribution < -0.4 is 0 Å². The van der Waals surface area contributed by atoms with Crippen LogP contribution in [0.3, 0.4) is 0 Å². The minimum atomic E-state index is -0.125. The van der Waals surface area contributed by atoms with Crippen LogP contribution in [-0.4, -0.2) is 25.4 Å². The Hall–Kier alpha value is -5.10. The van der Waals surface area contributed by atoms with Crippen molar-refractivity contribution in [1.29, 1.82) is 0 Å². The largest absolute Gasteiger partial charge is 0.557 e. The summed E-state index contributed by atoms with van der Waals surface area (Å²) in [6, 6.07) is 34.3. The monoisotopic (exact) mass is 853 g/mol. The van der Waals surface area contributed by atoms with Crippen LogP contribution in [0.5, 0.6) is 0 Å². The first kappa shape index (κ1) is 37.2. The van der Waals surface area contributed by atoms with Gasteiger partial charge in [0.2, 0.25) is 0 Å². The van der Waals surface area contributed by atoms with Crippen LogP contribution in [0.4, 0.5) is 0 Å². The molecule has 0 fully saturated rings. The Labute approximate surface area is 313 Å². The number of carbonyl (C=O) groups is 1. The van der Waals surface area contributed by atoms with Gasteiger partial charge in [-0.05, 0) is 102 Å². The van der Waals surface area contributed by atoms with E-state index in [0.29, 0.717) is 0 Å². The quantitative estimate of drug-likeness (QED) is 0.0981. The summed E-state index contributed by atoms with van der Waals surface area (Å²) in [5.74, 6) is 1.35. The summed E-state index contributed by atoms with van der Waals surface area (Å²) in [5.41, 5.74) is 13.1. The molecule has 261 valence electrons. The van der Waals surface area contributed by atoms with Crippen molar-refractivity contribution in [3.63, 3.8) is 0 Å². The van der Waals surface area contributed by atoms with Gasteiger partial charge in [-0.15, -0.1) is 0 Å². The molecule has 7 heteroatoms. The zero-order valence-corrected chi connectivity index (χ0v) is 32.4. The second-order valence-electron chi connectivity index (χ2n) is 13.3. The van der Waals surface area contributed by atoms with Gasteiger partial charge in [0.25, 0.3) is 0 Å². The van der Waals surface area contributed by atoms with Gasteiger partial charge in [-0.3, -0.25) is 14.8 Å². The minimum absolute atomic E-state index is 0. The number of rotatable bonds is 7. The molecule has 0 unspecified atom stereocenters. The molecule has 0 aliphatic heterocycles. The second kappa shape index (κ2) is 15.8. The predicted molar refractivity (Wildman–Crippen MR) is 204 cm³/mol. The van der Waals surface area contributed by atoms with Crippen LogP contribution in [0.25, 0.3) is 61.3 Å². The maximum Gasteiger partial charge on any atom is 0.155 e. The van der Waals surface area contributed by atoms with Gasteiger partial charge in [-0.1, -0.05) is 99.3 Å². The number of hydrogen-bond acceptors (Lipinski definition) is 5. The average molecular weight is 853 g/mol. The Morgan fingerprint density at radius 1 is 0.804 bits per heavy atom. The van der Waals surface area contributed by atoms with Crippen molar-refractivity contribution in [2.45, 2.75) is 60.3 Å². The normalized spacial score (nSPS) is 11.5. The van der Waals surface area contributed by atoms with Gasteiger partial charge in [0.1, 0.15) is 0 Å². The molecule has 6 nitrogen and oxygen atoms in total. The van der Waals surface area contributed by atoms with E-state index in [1.54, 1.807) is 0 Å². The molecule has 3 heterocycles. The summed E-state index contributed by atoms with van der Waals surface area (Å²) in [6.07, 6.45) is 6.28. The maximum absolute atomic E-state index is 10.0.